The summed E-state index contributed by atoms with van der Waals surface area (Å²) in [6.45, 7) is 0. The zero-order chi connectivity index (χ0) is 16.8. The van der Waals surface area contributed by atoms with Crippen LogP contribution < -0.4 is 11.2 Å². The maximum atomic E-state index is 12.0. The molecule has 24 heavy (non-hydrogen) atoms. The fourth-order valence-electron chi connectivity index (χ4n) is 2.39. The van der Waals surface area contributed by atoms with Crippen LogP contribution in [0.3, 0.4) is 0 Å². The Balaban J connectivity index is 1.59. The summed E-state index contributed by atoms with van der Waals surface area (Å²) in [7, 11) is 0. The van der Waals surface area contributed by atoms with E-state index < -0.39 is 6.04 Å². The third-order valence-corrected chi connectivity index (χ3v) is 3.65. The smallest absolute Gasteiger partial charge is 0.257 e. The van der Waals surface area contributed by atoms with E-state index in [4.69, 9.17) is 5.73 Å². The Morgan fingerprint density at radius 3 is 2.83 bits per heavy atom. The van der Waals surface area contributed by atoms with Gasteiger partial charge in [0.15, 0.2) is 0 Å². The number of fused-ring (bicyclic) bond motifs is 1. The lowest BCUT2D eigenvalue weighted by Crippen LogP contribution is -2.39. The van der Waals surface area contributed by atoms with Crippen molar-refractivity contribution in [3.8, 4) is 0 Å². The number of pyridine rings is 1. The van der Waals surface area contributed by atoms with E-state index in [0.29, 0.717) is 6.42 Å². The fourth-order valence-corrected chi connectivity index (χ4v) is 2.39. The zero-order valence-electron chi connectivity index (χ0n) is 13.1. The molecule has 0 fully saturated rings. The number of nitrogens with zero attached hydrogens (tertiary/aromatic N) is 2. The first-order valence-corrected chi connectivity index (χ1v) is 7.69. The number of nitrogens with one attached hydrogen (secondary N) is 1. The van der Waals surface area contributed by atoms with E-state index in [0.717, 1.165) is 22.0 Å². The van der Waals surface area contributed by atoms with Crippen LogP contribution in [-0.4, -0.2) is 23.1 Å². The molecule has 0 aliphatic carbocycles. The Morgan fingerprint density at radius 1 is 1.17 bits per heavy atom. The van der Waals surface area contributed by atoms with Crippen LogP contribution in [0, 0.1) is 0 Å². The van der Waals surface area contributed by atoms with Gasteiger partial charge in [-0.25, -0.2) is 5.43 Å². The van der Waals surface area contributed by atoms with Gasteiger partial charge in [-0.1, -0.05) is 42.5 Å². The summed E-state index contributed by atoms with van der Waals surface area (Å²) >= 11 is 0. The van der Waals surface area contributed by atoms with Gasteiger partial charge in [-0.3, -0.25) is 9.78 Å². The minimum Gasteiger partial charge on any atom is -0.320 e. The highest BCUT2D eigenvalue weighted by Crippen LogP contribution is 2.11. The molecule has 1 heterocycles. The SMILES string of the molecule is NC(Cc1ccccc1)C(=O)NN=Cc1ccc2ncccc2c1. The maximum Gasteiger partial charge on any atom is 0.257 e. The average molecular weight is 318 g/mol. The van der Waals surface area contributed by atoms with Gasteiger partial charge in [0.25, 0.3) is 5.91 Å². The highest BCUT2D eigenvalue weighted by atomic mass is 16.2. The first-order valence-electron chi connectivity index (χ1n) is 7.69. The van der Waals surface area contributed by atoms with Gasteiger partial charge in [-0.2, -0.15) is 5.10 Å². The quantitative estimate of drug-likeness (QED) is 0.559. The Hall–Kier alpha value is -3.05. The zero-order valence-corrected chi connectivity index (χ0v) is 13.1. The van der Waals surface area contributed by atoms with E-state index in [1.165, 1.54) is 0 Å². The molecule has 3 aromatic rings. The molecule has 3 N–H and O–H groups in total. The van der Waals surface area contributed by atoms with Gasteiger partial charge < -0.3 is 5.73 Å². The first-order chi connectivity index (χ1) is 11.7. The second-order valence-electron chi connectivity index (χ2n) is 5.49. The van der Waals surface area contributed by atoms with Gasteiger partial charge in [-0.05, 0) is 35.7 Å². The predicted molar refractivity (Wildman–Crippen MR) is 95.6 cm³/mol. The number of aromatic nitrogens is 1. The van der Waals surface area contributed by atoms with Gasteiger partial charge in [0.2, 0.25) is 0 Å². The second kappa shape index (κ2) is 7.48. The van der Waals surface area contributed by atoms with Crippen LogP contribution in [0.25, 0.3) is 10.9 Å². The normalized spacial score (nSPS) is 12.4. The monoisotopic (exact) mass is 318 g/mol. The number of carbonyl (C=O) groups is 1. The lowest BCUT2D eigenvalue weighted by atomic mass is 10.1. The Bertz CT molecular complexity index is 861. The van der Waals surface area contributed by atoms with E-state index in [1.807, 2.05) is 60.7 Å². The number of amides is 1. The molecule has 1 unspecified atom stereocenters. The van der Waals surface area contributed by atoms with Crippen LogP contribution in [0.5, 0.6) is 0 Å². The molecule has 0 spiro atoms. The molecule has 1 atom stereocenters. The summed E-state index contributed by atoms with van der Waals surface area (Å²) in [5, 5.41) is 5.01. The molecule has 1 amide bonds. The molecule has 0 aliphatic rings. The van der Waals surface area contributed by atoms with Crippen LogP contribution in [0.2, 0.25) is 0 Å². The van der Waals surface area contributed by atoms with Crippen LogP contribution in [0.15, 0.2) is 72.0 Å². The average Bonchev–Trinajstić information content (AvgIpc) is 2.62. The third-order valence-electron chi connectivity index (χ3n) is 3.65. The summed E-state index contributed by atoms with van der Waals surface area (Å²) < 4.78 is 0. The Kier molecular flexibility index (Phi) is 4.93. The number of hydrogen-bond donors (Lipinski definition) is 2. The fraction of sp³-hybridized carbons (Fsp3) is 0.105. The molecular weight excluding hydrogens is 300 g/mol. The molecular formula is C19H18N4O. The summed E-state index contributed by atoms with van der Waals surface area (Å²) in [5.74, 6) is -0.308. The summed E-state index contributed by atoms with van der Waals surface area (Å²) in [5.41, 5.74) is 11.2. The molecule has 0 saturated carbocycles. The highest BCUT2D eigenvalue weighted by Gasteiger charge is 2.12. The number of benzene rings is 2. The summed E-state index contributed by atoms with van der Waals surface area (Å²) in [6, 6.07) is 18.7. The lowest BCUT2D eigenvalue weighted by molar-refractivity contribution is -0.122. The van der Waals surface area contributed by atoms with Gasteiger partial charge in [0.05, 0.1) is 17.8 Å². The standard InChI is InChI=1S/C19H18N4O/c20-17(12-14-5-2-1-3-6-14)19(24)23-22-13-15-8-9-18-16(11-15)7-4-10-21-18/h1-11,13,17H,12,20H2,(H,23,24). The number of hydrazone groups is 1. The van der Waals surface area contributed by atoms with Gasteiger partial charge in [0, 0.05) is 11.6 Å². The van der Waals surface area contributed by atoms with Crippen molar-refractivity contribution in [3.63, 3.8) is 0 Å². The number of nitrogens with two attached hydrogens (primary N) is 1. The van der Waals surface area contributed by atoms with E-state index in [9.17, 15) is 4.79 Å². The van der Waals surface area contributed by atoms with E-state index in [-0.39, 0.29) is 5.91 Å². The van der Waals surface area contributed by atoms with Crippen molar-refractivity contribution in [3.05, 3.63) is 78.0 Å². The van der Waals surface area contributed by atoms with Gasteiger partial charge in [-0.15, -0.1) is 0 Å². The number of carbonyl (C=O) groups excluding carboxylic acids is 1. The van der Waals surface area contributed by atoms with Crippen molar-refractivity contribution < 1.29 is 4.79 Å². The molecule has 3 rings (SSSR count). The minimum absolute atomic E-state index is 0.308. The Morgan fingerprint density at radius 2 is 2.00 bits per heavy atom. The summed E-state index contributed by atoms with van der Waals surface area (Å²) in [4.78, 5) is 16.3. The van der Waals surface area contributed by atoms with Crippen molar-refractivity contribution in [2.75, 3.05) is 0 Å². The van der Waals surface area contributed by atoms with Crippen LogP contribution in [-0.2, 0) is 11.2 Å². The van der Waals surface area contributed by atoms with E-state index in [1.54, 1.807) is 12.4 Å². The van der Waals surface area contributed by atoms with Crippen LogP contribution >= 0.6 is 0 Å². The molecule has 5 nitrogen and oxygen atoms in total. The molecule has 0 radical (unpaired) electrons. The second-order valence-corrected chi connectivity index (χ2v) is 5.49. The van der Waals surface area contributed by atoms with Crippen LogP contribution in [0.1, 0.15) is 11.1 Å². The van der Waals surface area contributed by atoms with Crippen LogP contribution in [0.4, 0.5) is 0 Å². The van der Waals surface area contributed by atoms with E-state index >= 15 is 0 Å². The van der Waals surface area contributed by atoms with Crippen molar-refractivity contribution >= 4 is 23.0 Å². The molecule has 1 aromatic heterocycles. The molecule has 0 aliphatic heterocycles. The molecule has 120 valence electrons. The lowest BCUT2D eigenvalue weighted by Gasteiger charge is -2.09. The molecule has 0 saturated heterocycles. The molecule has 0 bridgehead atoms. The molecule has 5 heteroatoms. The topological polar surface area (TPSA) is 80.4 Å². The summed E-state index contributed by atoms with van der Waals surface area (Å²) in [6.07, 6.45) is 3.83. The number of hydrogen-bond acceptors (Lipinski definition) is 4. The van der Waals surface area contributed by atoms with Crippen molar-refractivity contribution in [2.24, 2.45) is 10.8 Å². The van der Waals surface area contributed by atoms with Crippen molar-refractivity contribution in [1.29, 1.82) is 0 Å². The first kappa shape index (κ1) is 15.8. The van der Waals surface area contributed by atoms with Gasteiger partial charge >= 0.3 is 0 Å². The third kappa shape index (κ3) is 4.02. The largest absolute Gasteiger partial charge is 0.320 e. The van der Waals surface area contributed by atoms with Gasteiger partial charge in [0.1, 0.15) is 0 Å². The minimum atomic E-state index is -0.634. The van der Waals surface area contributed by atoms with E-state index in [2.05, 4.69) is 15.5 Å². The molecule has 2 aromatic carbocycles. The highest BCUT2D eigenvalue weighted by molar-refractivity contribution is 5.89. The maximum absolute atomic E-state index is 12.0. The number of rotatable bonds is 5. The van der Waals surface area contributed by atoms with Crippen molar-refractivity contribution in [2.45, 2.75) is 12.5 Å². The Labute approximate surface area is 140 Å². The van der Waals surface area contributed by atoms with Crippen molar-refractivity contribution in [1.82, 2.24) is 10.4 Å². The predicted octanol–water partition coefficient (Wildman–Crippen LogP) is 2.25.